The number of anilines is 1. The second-order valence-corrected chi connectivity index (χ2v) is 8.48. The first-order valence-corrected chi connectivity index (χ1v) is 11.2. The van der Waals surface area contributed by atoms with E-state index in [0.717, 1.165) is 11.3 Å². The topological polar surface area (TPSA) is 86.4 Å². The number of carbonyl (C=O) groups excluding carboxylic acids is 2. The summed E-state index contributed by atoms with van der Waals surface area (Å²) < 4.78 is 13.0. The van der Waals surface area contributed by atoms with Crippen LogP contribution in [0.5, 0.6) is 5.75 Å². The standard InChI is InChI=1S/C25H21Cl2N3O4/c1-15-11-24(29-30(15)13-17-3-9-21(26)22(27)12-17)28-25(32)23-10-8-20(34-23)14-33-19-6-4-18(5-7-19)16(2)31/h3-12H,13-14H2,1-2H3,(H,28,29,32). The van der Waals surface area contributed by atoms with Crippen molar-refractivity contribution in [1.29, 1.82) is 0 Å². The predicted octanol–water partition coefficient (Wildman–Crippen LogP) is 6.17. The second-order valence-electron chi connectivity index (χ2n) is 7.67. The van der Waals surface area contributed by atoms with Crippen LogP contribution in [0, 0.1) is 6.92 Å². The van der Waals surface area contributed by atoms with Crippen LogP contribution >= 0.6 is 23.2 Å². The van der Waals surface area contributed by atoms with Crippen molar-refractivity contribution < 1.29 is 18.7 Å². The average Bonchev–Trinajstić information content (AvgIpc) is 3.42. The molecule has 0 aliphatic heterocycles. The van der Waals surface area contributed by atoms with Crippen LogP contribution in [0.25, 0.3) is 0 Å². The number of furan rings is 1. The van der Waals surface area contributed by atoms with Gasteiger partial charge in [0.05, 0.1) is 16.6 Å². The number of ether oxygens (including phenoxy) is 1. The largest absolute Gasteiger partial charge is 0.486 e. The van der Waals surface area contributed by atoms with Gasteiger partial charge in [-0.25, -0.2) is 0 Å². The summed E-state index contributed by atoms with van der Waals surface area (Å²) in [6.45, 7) is 4.02. The van der Waals surface area contributed by atoms with E-state index in [1.54, 1.807) is 59.3 Å². The Labute approximate surface area is 206 Å². The van der Waals surface area contributed by atoms with Crippen molar-refractivity contribution in [3.05, 3.63) is 99.1 Å². The minimum atomic E-state index is -0.420. The van der Waals surface area contributed by atoms with Gasteiger partial charge in [0.2, 0.25) is 0 Å². The quantitative estimate of drug-likeness (QED) is 0.294. The van der Waals surface area contributed by atoms with E-state index in [4.69, 9.17) is 32.4 Å². The summed E-state index contributed by atoms with van der Waals surface area (Å²) in [6.07, 6.45) is 0. The number of carbonyl (C=O) groups is 2. The Morgan fingerprint density at radius 3 is 2.50 bits per heavy atom. The van der Waals surface area contributed by atoms with E-state index < -0.39 is 5.91 Å². The number of benzene rings is 2. The van der Waals surface area contributed by atoms with Crippen LogP contribution in [0.4, 0.5) is 5.82 Å². The molecule has 2 aromatic carbocycles. The average molecular weight is 498 g/mol. The molecule has 0 spiro atoms. The van der Waals surface area contributed by atoms with Gasteiger partial charge in [-0.15, -0.1) is 0 Å². The number of Topliss-reactive ketones (excluding diaryl/α,β-unsaturated/α-hetero) is 1. The van der Waals surface area contributed by atoms with Gasteiger partial charge in [0.15, 0.2) is 17.4 Å². The van der Waals surface area contributed by atoms with Crippen molar-refractivity contribution in [1.82, 2.24) is 9.78 Å². The smallest absolute Gasteiger partial charge is 0.292 e. The number of halogens is 2. The summed E-state index contributed by atoms with van der Waals surface area (Å²) in [5.41, 5.74) is 2.41. The Hall–Kier alpha value is -3.55. The van der Waals surface area contributed by atoms with Gasteiger partial charge < -0.3 is 14.5 Å². The lowest BCUT2D eigenvalue weighted by atomic mass is 10.1. The maximum atomic E-state index is 12.6. The van der Waals surface area contributed by atoms with Gasteiger partial charge in [-0.3, -0.25) is 14.3 Å². The van der Waals surface area contributed by atoms with Gasteiger partial charge in [-0.2, -0.15) is 5.10 Å². The Morgan fingerprint density at radius 1 is 1.03 bits per heavy atom. The van der Waals surface area contributed by atoms with E-state index in [0.29, 0.717) is 39.5 Å². The van der Waals surface area contributed by atoms with Crippen LogP contribution in [0.3, 0.4) is 0 Å². The molecule has 2 heterocycles. The lowest BCUT2D eigenvalue weighted by Gasteiger charge is -2.06. The summed E-state index contributed by atoms with van der Waals surface area (Å²) in [4.78, 5) is 24.0. The number of aryl methyl sites for hydroxylation is 1. The van der Waals surface area contributed by atoms with Gasteiger partial charge >= 0.3 is 0 Å². The molecule has 1 amide bonds. The molecule has 0 aliphatic carbocycles. The number of amides is 1. The lowest BCUT2D eigenvalue weighted by Crippen LogP contribution is -2.12. The zero-order valence-electron chi connectivity index (χ0n) is 18.5. The van der Waals surface area contributed by atoms with E-state index >= 15 is 0 Å². The van der Waals surface area contributed by atoms with E-state index in [1.165, 1.54) is 6.92 Å². The fourth-order valence-electron chi connectivity index (χ4n) is 3.24. The van der Waals surface area contributed by atoms with Gasteiger partial charge in [0.1, 0.15) is 18.1 Å². The van der Waals surface area contributed by atoms with E-state index in [2.05, 4.69) is 10.4 Å². The number of hydrogen-bond donors (Lipinski definition) is 1. The molecule has 4 rings (SSSR count). The Bertz CT molecular complexity index is 1340. The fourth-order valence-corrected chi connectivity index (χ4v) is 3.56. The van der Waals surface area contributed by atoms with Gasteiger partial charge in [-0.05, 0) is 67.9 Å². The lowest BCUT2D eigenvalue weighted by molar-refractivity contribution is 0.0990. The molecule has 0 fully saturated rings. The molecule has 0 saturated carbocycles. The Morgan fingerprint density at radius 2 is 1.79 bits per heavy atom. The second kappa shape index (κ2) is 10.2. The van der Waals surface area contributed by atoms with Crippen molar-refractivity contribution >= 4 is 40.7 Å². The van der Waals surface area contributed by atoms with Crippen LogP contribution in [0.2, 0.25) is 10.0 Å². The Kier molecular flexibility index (Phi) is 7.05. The van der Waals surface area contributed by atoms with Crippen LogP contribution in [0.15, 0.2) is 65.1 Å². The maximum absolute atomic E-state index is 12.6. The van der Waals surface area contributed by atoms with E-state index in [9.17, 15) is 9.59 Å². The third-order valence-corrected chi connectivity index (χ3v) is 5.81. The molecule has 0 radical (unpaired) electrons. The molecule has 0 saturated heterocycles. The molecular formula is C25H21Cl2N3O4. The zero-order valence-corrected chi connectivity index (χ0v) is 20.0. The number of nitrogens with one attached hydrogen (secondary N) is 1. The highest BCUT2D eigenvalue weighted by atomic mass is 35.5. The molecular weight excluding hydrogens is 477 g/mol. The summed E-state index contributed by atoms with van der Waals surface area (Å²) in [7, 11) is 0. The van der Waals surface area contributed by atoms with Crippen molar-refractivity contribution in [2.45, 2.75) is 27.0 Å². The van der Waals surface area contributed by atoms with Crippen LogP contribution in [0.1, 0.15) is 44.9 Å². The highest BCUT2D eigenvalue weighted by Crippen LogP contribution is 2.23. The number of nitrogens with zero attached hydrogens (tertiary/aromatic N) is 2. The monoisotopic (exact) mass is 497 g/mol. The normalized spacial score (nSPS) is 10.8. The third kappa shape index (κ3) is 5.68. The van der Waals surface area contributed by atoms with E-state index in [1.807, 2.05) is 13.0 Å². The summed E-state index contributed by atoms with van der Waals surface area (Å²) >= 11 is 12.1. The van der Waals surface area contributed by atoms with Crippen molar-refractivity contribution in [3.63, 3.8) is 0 Å². The van der Waals surface area contributed by atoms with Crippen LogP contribution in [-0.4, -0.2) is 21.5 Å². The summed E-state index contributed by atoms with van der Waals surface area (Å²) in [6, 6.07) is 17.2. The minimum absolute atomic E-state index is 0.0114. The molecule has 4 aromatic rings. The van der Waals surface area contributed by atoms with Gasteiger partial charge in [0, 0.05) is 17.3 Å². The summed E-state index contributed by atoms with van der Waals surface area (Å²) in [5.74, 6) is 1.20. The number of aromatic nitrogens is 2. The highest BCUT2D eigenvalue weighted by Gasteiger charge is 2.15. The number of ketones is 1. The molecule has 0 bridgehead atoms. The van der Waals surface area contributed by atoms with Crippen molar-refractivity contribution in [2.75, 3.05) is 5.32 Å². The zero-order chi connectivity index (χ0) is 24.2. The first-order valence-electron chi connectivity index (χ1n) is 10.4. The predicted molar refractivity (Wildman–Crippen MR) is 130 cm³/mol. The maximum Gasteiger partial charge on any atom is 0.292 e. The molecule has 0 atom stereocenters. The molecule has 9 heteroatoms. The minimum Gasteiger partial charge on any atom is -0.486 e. The Balaban J connectivity index is 1.35. The van der Waals surface area contributed by atoms with Crippen LogP contribution in [-0.2, 0) is 13.2 Å². The first kappa shape index (κ1) is 23.6. The molecule has 34 heavy (non-hydrogen) atoms. The first-order chi connectivity index (χ1) is 16.3. The van der Waals surface area contributed by atoms with Crippen molar-refractivity contribution in [2.24, 2.45) is 0 Å². The molecule has 174 valence electrons. The highest BCUT2D eigenvalue weighted by molar-refractivity contribution is 6.42. The number of rotatable bonds is 8. The van der Waals surface area contributed by atoms with Gasteiger partial charge in [-0.1, -0.05) is 29.3 Å². The molecule has 2 aromatic heterocycles. The fraction of sp³-hybridized carbons (Fsp3) is 0.160. The number of hydrogen-bond acceptors (Lipinski definition) is 5. The van der Waals surface area contributed by atoms with Crippen molar-refractivity contribution in [3.8, 4) is 5.75 Å². The molecule has 1 N–H and O–H groups in total. The SMILES string of the molecule is CC(=O)c1ccc(OCc2ccc(C(=O)Nc3cc(C)n(Cc4ccc(Cl)c(Cl)c4)n3)o2)cc1. The van der Waals surface area contributed by atoms with E-state index in [-0.39, 0.29) is 18.2 Å². The molecule has 7 nitrogen and oxygen atoms in total. The van der Waals surface area contributed by atoms with Gasteiger partial charge in [0.25, 0.3) is 5.91 Å². The molecule has 0 unspecified atom stereocenters. The summed E-state index contributed by atoms with van der Waals surface area (Å²) in [5, 5.41) is 8.15. The third-order valence-electron chi connectivity index (χ3n) is 5.07. The van der Waals surface area contributed by atoms with Crippen LogP contribution < -0.4 is 10.1 Å². The molecule has 0 aliphatic rings.